The Morgan fingerprint density at radius 1 is 1.30 bits per heavy atom. The molecule has 0 bridgehead atoms. The number of nitrogens with one attached hydrogen (secondary N) is 2. The van der Waals surface area contributed by atoms with Gasteiger partial charge in [0.1, 0.15) is 5.65 Å². The van der Waals surface area contributed by atoms with E-state index in [2.05, 4.69) is 25.3 Å². The Kier molecular flexibility index (Phi) is 3.67. The first-order chi connectivity index (χ1) is 11.3. The summed E-state index contributed by atoms with van der Waals surface area (Å²) in [6.07, 6.45) is 8.23. The fourth-order valence-corrected chi connectivity index (χ4v) is 3.28. The van der Waals surface area contributed by atoms with Gasteiger partial charge >= 0.3 is 0 Å². The Morgan fingerprint density at radius 3 is 3.13 bits per heavy atom. The first kappa shape index (κ1) is 14.1. The molecule has 0 radical (unpaired) electrons. The van der Waals surface area contributed by atoms with Gasteiger partial charge in [0, 0.05) is 35.1 Å². The number of fused-ring (bicyclic) bond motifs is 1. The Bertz CT molecular complexity index is 819. The first-order valence-electron chi connectivity index (χ1n) is 8.09. The number of rotatable bonds is 4. The molecule has 6 heteroatoms. The van der Waals surface area contributed by atoms with Crippen molar-refractivity contribution >= 4 is 17.0 Å². The summed E-state index contributed by atoms with van der Waals surface area (Å²) in [6, 6.07) is 6.61. The largest absolute Gasteiger partial charge is 0.368 e. The smallest absolute Gasteiger partial charge is 0.220 e. The Balaban J connectivity index is 1.63. The molecule has 0 amide bonds. The van der Waals surface area contributed by atoms with Crippen molar-refractivity contribution in [3.63, 3.8) is 0 Å². The molecule has 3 aromatic rings. The predicted molar refractivity (Wildman–Crippen MR) is 90.9 cm³/mol. The molecule has 118 valence electrons. The molecule has 1 saturated heterocycles. The number of hydrogen-bond donors (Lipinski definition) is 3. The molecule has 1 aliphatic rings. The highest BCUT2D eigenvalue weighted by atomic mass is 15.0. The van der Waals surface area contributed by atoms with E-state index in [1.54, 1.807) is 6.20 Å². The zero-order valence-electron chi connectivity index (χ0n) is 12.9. The van der Waals surface area contributed by atoms with Gasteiger partial charge in [-0.25, -0.2) is 15.0 Å². The van der Waals surface area contributed by atoms with Crippen LogP contribution in [0.3, 0.4) is 0 Å². The van der Waals surface area contributed by atoms with Gasteiger partial charge in [0.2, 0.25) is 5.95 Å². The summed E-state index contributed by atoms with van der Waals surface area (Å²) in [5.41, 5.74) is 9.66. The summed E-state index contributed by atoms with van der Waals surface area (Å²) in [4.78, 5) is 16.3. The number of nitrogens with two attached hydrogens (primary N) is 1. The van der Waals surface area contributed by atoms with Crippen LogP contribution in [0.4, 0.5) is 5.95 Å². The quantitative estimate of drug-likeness (QED) is 0.687. The van der Waals surface area contributed by atoms with Gasteiger partial charge in [0.15, 0.2) is 0 Å². The molecule has 6 nitrogen and oxygen atoms in total. The van der Waals surface area contributed by atoms with Crippen LogP contribution in [0.2, 0.25) is 0 Å². The number of pyridine rings is 1. The maximum absolute atomic E-state index is 5.93. The van der Waals surface area contributed by atoms with Crippen LogP contribution in [-0.4, -0.2) is 32.5 Å². The van der Waals surface area contributed by atoms with Crippen LogP contribution in [0.15, 0.2) is 30.6 Å². The van der Waals surface area contributed by atoms with Crippen molar-refractivity contribution in [2.45, 2.75) is 31.7 Å². The van der Waals surface area contributed by atoms with Crippen molar-refractivity contribution in [3.8, 4) is 11.3 Å². The number of nitrogens with zero attached hydrogens (tertiary/aromatic N) is 3. The molecule has 23 heavy (non-hydrogen) atoms. The fourth-order valence-electron chi connectivity index (χ4n) is 3.28. The summed E-state index contributed by atoms with van der Waals surface area (Å²) >= 11 is 0. The SMILES string of the molecule is Nc1nc(CC[C@@H]2CCCN2)cc(-c2c[nH]c3ncccc23)n1. The van der Waals surface area contributed by atoms with Crippen molar-refractivity contribution in [1.29, 1.82) is 0 Å². The normalized spacial score (nSPS) is 17.8. The zero-order chi connectivity index (χ0) is 15.6. The van der Waals surface area contributed by atoms with E-state index in [4.69, 9.17) is 5.73 Å². The number of nitrogen functional groups attached to an aromatic ring is 1. The summed E-state index contributed by atoms with van der Waals surface area (Å²) in [5.74, 6) is 0.329. The third-order valence-corrected chi connectivity index (χ3v) is 4.43. The monoisotopic (exact) mass is 308 g/mol. The van der Waals surface area contributed by atoms with Crippen LogP contribution in [0.1, 0.15) is 25.0 Å². The van der Waals surface area contributed by atoms with E-state index in [0.29, 0.717) is 12.0 Å². The molecule has 3 aromatic heterocycles. The molecule has 1 fully saturated rings. The Morgan fingerprint density at radius 2 is 2.26 bits per heavy atom. The fraction of sp³-hybridized carbons (Fsp3) is 0.353. The van der Waals surface area contributed by atoms with Crippen molar-refractivity contribution < 1.29 is 0 Å². The van der Waals surface area contributed by atoms with E-state index in [0.717, 1.165) is 47.4 Å². The summed E-state index contributed by atoms with van der Waals surface area (Å²) in [5, 5.41) is 4.57. The van der Waals surface area contributed by atoms with Crippen LogP contribution < -0.4 is 11.1 Å². The third-order valence-electron chi connectivity index (χ3n) is 4.43. The lowest BCUT2D eigenvalue weighted by molar-refractivity contribution is 0.555. The van der Waals surface area contributed by atoms with E-state index in [1.807, 2.05) is 24.4 Å². The molecular weight excluding hydrogens is 288 g/mol. The number of aryl methyl sites for hydroxylation is 1. The highest BCUT2D eigenvalue weighted by Gasteiger charge is 2.15. The molecular formula is C17H20N6. The van der Waals surface area contributed by atoms with Gasteiger partial charge in [0.05, 0.1) is 5.69 Å². The van der Waals surface area contributed by atoms with E-state index in [9.17, 15) is 0 Å². The summed E-state index contributed by atoms with van der Waals surface area (Å²) in [6.45, 7) is 1.13. The van der Waals surface area contributed by atoms with Gasteiger partial charge < -0.3 is 16.0 Å². The molecule has 4 heterocycles. The van der Waals surface area contributed by atoms with Crippen molar-refractivity contribution in [3.05, 3.63) is 36.3 Å². The second-order valence-electron chi connectivity index (χ2n) is 6.04. The van der Waals surface area contributed by atoms with Crippen LogP contribution in [0, 0.1) is 0 Å². The van der Waals surface area contributed by atoms with Gasteiger partial charge in [0.25, 0.3) is 0 Å². The second kappa shape index (κ2) is 5.96. The molecule has 4 N–H and O–H groups in total. The van der Waals surface area contributed by atoms with Gasteiger partial charge in [-0.2, -0.15) is 0 Å². The minimum atomic E-state index is 0.329. The molecule has 1 aliphatic heterocycles. The second-order valence-corrected chi connectivity index (χ2v) is 6.04. The molecule has 0 aliphatic carbocycles. The van der Waals surface area contributed by atoms with Crippen molar-refractivity contribution in [1.82, 2.24) is 25.3 Å². The number of H-pyrrole nitrogens is 1. The number of aromatic amines is 1. The highest BCUT2D eigenvalue weighted by Crippen LogP contribution is 2.27. The molecule has 0 spiro atoms. The molecule has 0 aromatic carbocycles. The first-order valence-corrected chi connectivity index (χ1v) is 8.09. The minimum absolute atomic E-state index is 0.329. The number of hydrogen-bond acceptors (Lipinski definition) is 5. The van der Waals surface area contributed by atoms with Crippen LogP contribution in [0.25, 0.3) is 22.3 Å². The van der Waals surface area contributed by atoms with Crippen LogP contribution >= 0.6 is 0 Å². The Hall–Kier alpha value is -2.47. The summed E-state index contributed by atoms with van der Waals surface area (Å²) < 4.78 is 0. The Labute approximate surface area is 134 Å². The molecule has 0 unspecified atom stereocenters. The van der Waals surface area contributed by atoms with Crippen LogP contribution in [-0.2, 0) is 6.42 Å². The minimum Gasteiger partial charge on any atom is -0.368 e. The van der Waals surface area contributed by atoms with E-state index in [1.165, 1.54) is 12.8 Å². The van der Waals surface area contributed by atoms with Gasteiger partial charge in [-0.05, 0) is 50.4 Å². The number of aromatic nitrogens is 4. The average Bonchev–Trinajstić information content (AvgIpc) is 3.22. The third kappa shape index (κ3) is 2.90. The lowest BCUT2D eigenvalue weighted by Gasteiger charge is -2.10. The molecule has 4 rings (SSSR count). The van der Waals surface area contributed by atoms with Crippen molar-refractivity contribution in [2.24, 2.45) is 0 Å². The van der Waals surface area contributed by atoms with E-state index >= 15 is 0 Å². The molecule has 1 atom stereocenters. The zero-order valence-corrected chi connectivity index (χ0v) is 12.9. The van der Waals surface area contributed by atoms with E-state index in [-0.39, 0.29) is 0 Å². The average molecular weight is 308 g/mol. The maximum Gasteiger partial charge on any atom is 0.220 e. The van der Waals surface area contributed by atoms with Crippen LogP contribution in [0.5, 0.6) is 0 Å². The van der Waals surface area contributed by atoms with Gasteiger partial charge in [-0.15, -0.1) is 0 Å². The van der Waals surface area contributed by atoms with Gasteiger partial charge in [-0.3, -0.25) is 0 Å². The predicted octanol–water partition coefficient (Wildman–Crippen LogP) is 2.29. The van der Waals surface area contributed by atoms with Crippen molar-refractivity contribution in [2.75, 3.05) is 12.3 Å². The van der Waals surface area contributed by atoms with Gasteiger partial charge in [-0.1, -0.05) is 0 Å². The summed E-state index contributed by atoms with van der Waals surface area (Å²) in [7, 11) is 0. The topological polar surface area (TPSA) is 92.5 Å². The molecule has 0 saturated carbocycles. The van der Waals surface area contributed by atoms with E-state index < -0.39 is 0 Å². The standard InChI is InChI=1S/C17H20N6/c18-17-22-12(6-5-11-3-1-7-19-11)9-15(23-17)14-10-21-16-13(14)4-2-8-20-16/h2,4,8-11,19H,1,3,5-7H2,(H,20,21)(H2,18,22,23)/t11-/m0/s1. The highest BCUT2D eigenvalue weighted by molar-refractivity contribution is 5.92. The maximum atomic E-state index is 5.93. The lowest BCUT2D eigenvalue weighted by atomic mass is 10.1. The lowest BCUT2D eigenvalue weighted by Crippen LogP contribution is -2.21. The number of anilines is 1.